The Labute approximate surface area is 175 Å². The predicted octanol–water partition coefficient (Wildman–Crippen LogP) is 2.71. The fourth-order valence-corrected chi connectivity index (χ4v) is 2.65. The first-order valence-electron chi connectivity index (χ1n) is 9.24. The predicted molar refractivity (Wildman–Crippen MR) is 109 cm³/mol. The van der Waals surface area contributed by atoms with E-state index in [1.807, 2.05) is 0 Å². The molecule has 160 valence electrons. The van der Waals surface area contributed by atoms with Gasteiger partial charge in [-0.25, -0.2) is 4.79 Å². The molecule has 1 amide bonds. The van der Waals surface area contributed by atoms with E-state index in [9.17, 15) is 14.4 Å². The second-order valence-electron chi connectivity index (χ2n) is 6.43. The Morgan fingerprint density at radius 3 is 2.20 bits per heavy atom. The molecule has 0 aliphatic heterocycles. The number of benzene rings is 2. The van der Waals surface area contributed by atoms with E-state index in [-0.39, 0.29) is 12.4 Å². The zero-order valence-electron chi connectivity index (χ0n) is 17.4. The Balaban J connectivity index is 1.81. The molecular formula is C22H25NO7. The summed E-state index contributed by atoms with van der Waals surface area (Å²) in [6.45, 7) is 2.45. The van der Waals surface area contributed by atoms with Gasteiger partial charge in [-0.2, -0.15) is 0 Å². The maximum atomic E-state index is 12.1. The number of ketones is 1. The quantitative estimate of drug-likeness (QED) is 0.470. The van der Waals surface area contributed by atoms with Crippen LogP contribution in [-0.2, 0) is 14.3 Å². The van der Waals surface area contributed by atoms with E-state index in [1.54, 1.807) is 56.5 Å². The highest BCUT2D eigenvalue weighted by atomic mass is 16.6. The zero-order valence-corrected chi connectivity index (χ0v) is 17.4. The average Bonchev–Trinajstić information content (AvgIpc) is 2.75. The fraction of sp³-hybridized carbons (Fsp3) is 0.318. The van der Waals surface area contributed by atoms with Crippen molar-refractivity contribution in [2.24, 2.45) is 0 Å². The highest BCUT2D eigenvalue weighted by Crippen LogP contribution is 2.29. The topological polar surface area (TPSA) is 100 Å². The summed E-state index contributed by atoms with van der Waals surface area (Å²) >= 11 is 0. The van der Waals surface area contributed by atoms with Crippen molar-refractivity contribution < 1.29 is 33.3 Å². The van der Waals surface area contributed by atoms with Gasteiger partial charge in [0.25, 0.3) is 5.91 Å². The number of carbonyl (C=O) groups excluding carboxylic acids is 3. The fourth-order valence-electron chi connectivity index (χ4n) is 2.65. The molecule has 0 radical (unpaired) electrons. The summed E-state index contributed by atoms with van der Waals surface area (Å²) < 4.78 is 20.7. The van der Waals surface area contributed by atoms with Crippen LogP contribution in [0.5, 0.6) is 17.2 Å². The number of esters is 1. The Morgan fingerprint density at radius 1 is 0.933 bits per heavy atom. The number of rotatable bonds is 10. The van der Waals surface area contributed by atoms with Crippen LogP contribution in [0.4, 0.5) is 0 Å². The van der Waals surface area contributed by atoms with Crippen LogP contribution in [0.15, 0.2) is 42.5 Å². The molecule has 0 bridgehead atoms. The van der Waals surface area contributed by atoms with Gasteiger partial charge in [0.2, 0.25) is 0 Å². The number of ether oxygens (including phenoxy) is 4. The smallest absolute Gasteiger partial charge is 0.344 e. The monoisotopic (exact) mass is 415 g/mol. The third-order valence-corrected chi connectivity index (χ3v) is 4.26. The number of nitrogens with one attached hydrogen (secondary N) is 1. The lowest BCUT2D eigenvalue weighted by molar-refractivity contribution is -0.150. The van der Waals surface area contributed by atoms with Crippen molar-refractivity contribution in [3.63, 3.8) is 0 Å². The molecule has 0 heterocycles. The molecule has 2 aromatic rings. The molecule has 1 atom stereocenters. The molecule has 0 saturated carbocycles. The van der Waals surface area contributed by atoms with E-state index < -0.39 is 24.5 Å². The number of amides is 1. The first-order chi connectivity index (χ1) is 14.3. The van der Waals surface area contributed by atoms with Crippen LogP contribution < -0.4 is 19.5 Å². The summed E-state index contributed by atoms with van der Waals surface area (Å²) in [6, 6.07) is 11.2. The highest BCUT2D eigenvalue weighted by molar-refractivity contribution is 5.94. The normalized spacial score (nSPS) is 11.2. The van der Waals surface area contributed by atoms with E-state index in [4.69, 9.17) is 18.9 Å². The molecule has 8 nitrogen and oxygen atoms in total. The Hall–Kier alpha value is -3.55. The summed E-state index contributed by atoms with van der Waals surface area (Å²) in [5.41, 5.74) is 1.28. The van der Waals surface area contributed by atoms with E-state index in [2.05, 4.69) is 5.32 Å². The van der Waals surface area contributed by atoms with Crippen LogP contribution in [0, 0.1) is 0 Å². The van der Waals surface area contributed by atoms with E-state index >= 15 is 0 Å². The molecule has 1 N–H and O–H groups in total. The molecule has 30 heavy (non-hydrogen) atoms. The van der Waals surface area contributed by atoms with Gasteiger partial charge in [-0.15, -0.1) is 0 Å². The van der Waals surface area contributed by atoms with Crippen molar-refractivity contribution in [2.75, 3.05) is 27.4 Å². The third kappa shape index (κ3) is 6.51. The van der Waals surface area contributed by atoms with Gasteiger partial charge in [-0.1, -0.05) is 0 Å². The van der Waals surface area contributed by atoms with Crippen LogP contribution >= 0.6 is 0 Å². The molecule has 0 aromatic heterocycles. The number of hydrogen-bond donors (Lipinski definition) is 1. The van der Waals surface area contributed by atoms with Crippen LogP contribution in [-0.4, -0.2) is 45.1 Å². The van der Waals surface area contributed by atoms with Gasteiger partial charge in [-0.05, 0) is 56.3 Å². The number of carbonyl (C=O) groups is 3. The zero-order chi connectivity index (χ0) is 22.1. The summed E-state index contributed by atoms with van der Waals surface area (Å²) in [5.74, 6) is 0.434. The first-order valence-corrected chi connectivity index (χ1v) is 9.24. The van der Waals surface area contributed by atoms with Crippen LogP contribution in [0.2, 0.25) is 0 Å². The van der Waals surface area contributed by atoms with Gasteiger partial charge < -0.3 is 24.3 Å². The SMILES string of the molecule is COc1ccc(OC)c([C@H](C)NC(=O)COC(=O)COc2ccc(C(C)=O)cc2)c1. The van der Waals surface area contributed by atoms with Crippen LogP contribution in [0.1, 0.15) is 35.8 Å². The minimum Gasteiger partial charge on any atom is -0.497 e. The van der Waals surface area contributed by atoms with Gasteiger partial charge in [0.05, 0.1) is 20.3 Å². The van der Waals surface area contributed by atoms with Crippen molar-refractivity contribution in [2.45, 2.75) is 19.9 Å². The lowest BCUT2D eigenvalue weighted by atomic mass is 10.1. The highest BCUT2D eigenvalue weighted by Gasteiger charge is 2.16. The molecule has 2 rings (SSSR count). The Morgan fingerprint density at radius 2 is 1.60 bits per heavy atom. The van der Waals surface area contributed by atoms with Crippen LogP contribution in [0.25, 0.3) is 0 Å². The molecule has 0 aliphatic carbocycles. The molecule has 8 heteroatoms. The van der Waals surface area contributed by atoms with E-state index in [0.29, 0.717) is 22.8 Å². The first kappa shape index (κ1) is 22.7. The number of hydrogen-bond acceptors (Lipinski definition) is 7. The molecule has 0 fully saturated rings. The van der Waals surface area contributed by atoms with Crippen LogP contribution in [0.3, 0.4) is 0 Å². The van der Waals surface area contributed by atoms with E-state index in [1.165, 1.54) is 14.0 Å². The lowest BCUT2D eigenvalue weighted by Crippen LogP contribution is -2.32. The van der Waals surface area contributed by atoms with Gasteiger partial charge in [0, 0.05) is 11.1 Å². The average molecular weight is 415 g/mol. The van der Waals surface area contributed by atoms with Gasteiger partial charge in [0.15, 0.2) is 19.0 Å². The molecule has 2 aromatic carbocycles. The van der Waals surface area contributed by atoms with Gasteiger partial charge in [-0.3, -0.25) is 9.59 Å². The van der Waals surface area contributed by atoms with Crippen molar-refractivity contribution in [1.29, 1.82) is 0 Å². The Kier molecular flexibility index (Phi) is 8.22. The summed E-state index contributed by atoms with van der Waals surface area (Å²) in [5, 5.41) is 2.74. The standard InChI is InChI=1S/C22H25NO7/c1-14(19-11-18(27-3)9-10-20(19)28-4)23-21(25)12-30-22(26)13-29-17-7-5-16(6-8-17)15(2)24/h5-11,14H,12-13H2,1-4H3,(H,23,25)/t14-/m0/s1. The number of methoxy groups -OCH3 is 2. The summed E-state index contributed by atoms with van der Waals surface area (Å²) in [7, 11) is 3.09. The molecule has 0 unspecified atom stereocenters. The second-order valence-corrected chi connectivity index (χ2v) is 6.43. The van der Waals surface area contributed by atoms with Gasteiger partial charge in [0.1, 0.15) is 17.2 Å². The minimum absolute atomic E-state index is 0.0623. The van der Waals surface area contributed by atoms with Crippen molar-refractivity contribution in [3.05, 3.63) is 53.6 Å². The summed E-state index contributed by atoms with van der Waals surface area (Å²) in [6.07, 6.45) is 0. The van der Waals surface area contributed by atoms with E-state index in [0.717, 1.165) is 5.56 Å². The van der Waals surface area contributed by atoms with Crippen molar-refractivity contribution in [3.8, 4) is 17.2 Å². The maximum absolute atomic E-state index is 12.1. The molecule has 0 spiro atoms. The molecule has 0 aliphatic rings. The largest absolute Gasteiger partial charge is 0.497 e. The van der Waals surface area contributed by atoms with Crippen molar-refractivity contribution >= 4 is 17.7 Å². The summed E-state index contributed by atoms with van der Waals surface area (Å²) in [4.78, 5) is 35.2. The molecule has 0 saturated heterocycles. The number of Topliss-reactive ketones (excluding diaryl/α,β-unsaturated/α-hetero) is 1. The second kappa shape index (κ2) is 10.8. The Bertz CT molecular complexity index is 893. The van der Waals surface area contributed by atoms with Crippen molar-refractivity contribution in [1.82, 2.24) is 5.32 Å². The third-order valence-electron chi connectivity index (χ3n) is 4.26. The minimum atomic E-state index is -0.688. The maximum Gasteiger partial charge on any atom is 0.344 e. The van der Waals surface area contributed by atoms with Gasteiger partial charge >= 0.3 is 5.97 Å². The molecular weight excluding hydrogens is 390 g/mol. The lowest BCUT2D eigenvalue weighted by Gasteiger charge is -2.18.